The van der Waals surface area contributed by atoms with E-state index in [0.29, 0.717) is 22.6 Å². The van der Waals surface area contributed by atoms with Gasteiger partial charge >= 0.3 is 0 Å². The van der Waals surface area contributed by atoms with E-state index < -0.39 is 11.5 Å². The average Bonchev–Trinajstić information content (AvgIpc) is 2.56. The van der Waals surface area contributed by atoms with Crippen LogP contribution >= 0.6 is 0 Å². The van der Waals surface area contributed by atoms with E-state index in [1.54, 1.807) is 6.07 Å². The molecular weight excluding hydrogens is 336 g/mol. The third-order valence-electron chi connectivity index (χ3n) is 4.64. The highest BCUT2D eigenvalue weighted by molar-refractivity contribution is 6.07. The van der Waals surface area contributed by atoms with E-state index in [1.165, 1.54) is 18.2 Å². The molecule has 2 heterocycles. The highest BCUT2D eigenvalue weighted by atomic mass is 16.5. The van der Waals surface area contributed by atoms with Gasteiger partial charge in [0, 0.05) is 6.07 Å². The van der Waals surface area contributed by atoms with Gasteiger partial charge in [0.25, 0.3) is 0 Å². The molecule has 2 aliphatic heterocycles. The number of fused-ring (bicyclic) bond motifs is 3. The number of phenolic OH excluding ortho intramolecular Hbond substituents is 3. The quantitative estimate of drug-likeness (QED) is 0.680. The van der Waals surface area contributed by atoms with E-state index in [4.69, 9.17) is 9.47 Å². The van der Waals surface area contributed by atoms with Crippen LogP contribution in [-0.2, 0) is 0 Å². The standard InChI is InChI=1S/C20H18O6/c1-20(2)6-5-11-16(26-20)8-15(23)17-18(24)12(9-25-19(11)17)10-3-4-13(21)14(22)7-10/h3-8,12,21-23H,9H2,1-2H3. The summed E-state index contributed by atoms with van der Waals surface area (Å²) in [6, 6.07) is 5.62. The third kappa shape index (κ3) is 2.45. The van der Waals surface area contributed by atoms with Crippen LogP contribution < -0.4 is 9.47 Å². The van der Waals surface area contributed by atoms with E-state index >= 15 is 0 Å². The number of hydrogen-bond donors (Lipinski definition) is 3. The van der Waals surface area contributed by atoms with Gasteiger partial charge in [0.2, 0.25) is 0 Å². The first-order valence-corrected chi connectivity index (χ1v) is 8.24. The maximum absolute atomic E-state index is 13.0. The second-order valence-corrected chi connectivity index (χ2v) is 7.03. The molecule has 6 heteroatoms. The van der Waals surface area contributed by atoms with Gasteiger partial charge in [0.15, 0.2) is 17.3 Å². The maximum Gasteiger partial charge on any atom is 0.181 e. The Kier molecular flexibility index (Phi) is 3.41. The van der Waals surface area contributed by atoms with Crippen molar-refractivity contribution in [3.05, 3.63) is 47.0 Å². The molecule has 3 N–H and O–H groups in total. The van der Waals surface area contributed by atoms with Gasteiger partial charge < -0.3 is 24.8 Å². The molecular formula is C20H18O6. The van der Waals surface area contributed by atoms with Crippen molar-refractivity contribution in [2.24, 2.45) is 0 Å². The molecule has 0 aliphatic carbocycles. The van der Waals surface area contributed by atoms with E-state index in [9.17, 15) is 20.1 Å². The van der Waals surface area contributed by atoms with Crippen molar-refractivity contribution in [3.63, 3.8) is 0 Å². The summed E-state index contributed by atoms with van der Waals surface area (Å²) in [7, 11) is 0. The van der Waals surface area contributed by atoms with Crippen LogP contribution in [0.25, 0.3) is 6.08 Å². The molecule has 4 rings (SSSR count). The Balaban J connectivity index is 1.79. The van der Waals surface area contributed by atoms with Crippen LogP contribution in [0.15, 0.2) is 30.3 Å². The summed E-state index contributed by atoms with van der Waals surface area (Å²) in [5.74, 6) is -1.02. The zero-order valence-electron chi connectivity index (χ0n) is 14.3. The third-order valence-corrected chi connectivity index (χ3v) is 4.64. The minimum atomic E-state index is -0.692. The molecule has 0 saturated carbocycles. The number of ether oxygens (including phenoxy) is 2. The predicted molar refractivity (Wildman–Crippen MR) is 94.2 cm³/mol. The number of carbonyl (C=O) groups is 1. The average molecular weight is 354 g/mol. The van der Waals surface area contributed by atoms with Gasteiger partial charge in [-0.2, -0.15) is 0 Å². The number of hydrogen-bond acceptors (Lipinski definition) is 6. The van der Waals surface area contributed by atoms with E-state index in [-0.39, 0.29) is 35.2 Å². The molecule has 6 nitrogen and oxygen atoms in total. The Hall–Kier alpha value is -3.15. The molecule has 0 spiro atoms. The molecule has 1 unspecified atom stereocenters. The van der Waals surface area contributed by atoms with Crippen molar-refractivity contribution < 1.29 is 29.6 Å². The second-order valence-electron chi connectivity index (χ2n) is 7.03. The lowest BCUT2D eigenvalue weighted by Gasteiger charge is -2.32. The molecule has 0 radical (unpaired) electrons. The summed E-state index contributed by atoms with van der Waals surface area (Å²) in [6.45, 7) is 3.84. The minimum Gasteiger partial charge on any atom is -0.507 e. The summed E-state index contributed by atoms with van der Waals surface area (Å²) in [6.07, 6.45) is 3.70. The Morgan fingerprint density at radius 3 is 2.58 bits per heavy atom. The number of ketones is 1. The van der Waals surface area contributed by atoms with Crippen LogP contribution in [0, 0.1) is 0 Å². The zero-order valence-corrected chi connectivity index (χ0v) is 14.3. The largest absolute Gasteiger partial charge is 0.507 e. The molecule has 26 heavy (non-hydrogen) atoms. The molecule has 1 atom stereocenters. The fraction of sp³-hybridized carbons (Fsp3) is 0.250. The number of rotatable bonds is 1. The Morgan fingerprint density at radius 2 is 1.85 bits per heavy atom. The summed E-state index contributed by atoms with van der Waals surface area (Å²) in [5, 5.41) is 29.6. The van der Waals surface area contributed by atoms with Crippen molar-refractivity contribution in [2.45, 2.75) is 25.4 Å². The second kappa shape index (κ2) is 5.42. The normalized spacial score (nSPS) is 19.9. The smallest absolute Gasteiger partial charge is 0.181 e. The fourth-order valence-corrected chi connectivity index (χ4v) is 3.29. The van der Waals surface area contributed by atoms with Crippen LogP contribution in [-0.4, -0.2) is 33.3 Å². The number of phenols is 3. The molecule has 0 amide bonds. The van der Waals surface area contributed by atoms with Crippen molar-refractivity contribution in [2.75, 3.05) is 6.61 Å². The first-order chi connectivity index (χ1) is 12.3. The van der Waals surface area contributed by atoms with E-state index in [0.717, 1.165) is 0 Å². The lowest BCUT2D eigenvalue weighted by atomic mass is 9.86. The Labute approximate surface area is 149 Å². The molecule has 0 aromatic heterocycles. The van der Waals surface area contributed by atoms with E-state index in [2.05, 4.69) is 0 Å². The van der Waals surface area contributed by atoms with Gasteiger partial charge in [-0.3, -0.25) is 4.79 Å². The first-order valence-electron chi connectivity index (χ1n) is 8.24. The summed E-state index contributed by atoms with van der Waals surface area (Å²) >= 11 is 0. The molecule has 2 aliphatic rings. The molecule has 0 fully saturated rings. The lowest BCUT2D eigenvalue weighted by Crippen LogP contribution is -2.30. The van der Waals surface area contributed by atoms with Crippen LogP contribution in [0.3, 0.4) is 0 Å². The highest BCUT2D eigenvalue weighted by Gasteiger charge is 2.37. The minimum absolute atomic E-state index is 0.0587. The molecule has 0 saturated heterocycles. The number of aromatic hydroxyl groups is 3. The number of benzene rings is 2. The van der Waals surface area contributed by atoms with Crippen LogP contribution in [0.1, 0.15) is 41.3 Å². The molecule has 2 aromatic carbocycles. The first kappa shape index (κ1) is 16.3. The van der Waals surface area contributed by atoms with Crippen molar-refractivity contribution in [1.82, 2.24) is 0 Å². The van der Waals surface area contributed by atoms with Crippen LogP contribution in [0.4, 0.5) is 0 Å². The monoisotopic (exact) mass is 354 g/mol. The number of Topliss-reactive ketones (excluding diaryl/α,β-unsaturated/α-hetero) is 1. The van der Waals surface area contributed by atoms with Crippen LogP contribution in [0.2, 0.25) is 0 Å². The van der Waals surface area contributed by atoms with Gasteiger partial charge in [0.1, 0.15) is 35.0 Å². The van der Waals surface area contributed by atoms with E-state index in [1.807, 2.05) is 26.0 Å². The Morgan fingerprint density at radius 1 is 1.08 bits per heavy atom. The maximum atomic E-state index is 13.0. The summed E-state index contributed by atoms with van der Waals surface area (Å²) < 4.78 is 11.7. The van der Waals surface area contributed by atoms with Crippen molar-refractivity contribution >= 4 is 11.9 Å². The molecule has 0 bridgehead atoms. The SMILES string of the molecule is CC1(C)C=Cc2c(cc(O)c3c2OCC(c2ccc(O)c(O)c2)C3=O)O1. The lowest BCUT2D eigenvalue weighted by molar-refractivity contribution is 0.0890. The summed E-state index contributed by atoms with van der Waals surface area (Å²) in [5.41, 5.74) is 0.706. The van der Waals surface area contributed by atoms with Gasteiger partial charge in [-0.1, -0.05) is 6.07 Å². The van der Waals surface area contributed by atoms with Crippen molar-refractivity contribution in [1.29, 1.82) is 0 Å². The fourth-order valence-electron chi connectivity index (χ4n) is 3.29. The van der Waals surface area contributed by atoms with Crippen LogP contribution in [0.5, 0.6) is 28.7 Å². The number of carbonyl (C=O) groups excluding carboxylic acids is 1. The Bertz CT molecular complexity index is 957. The topological polar surface area (TPSA) is 96.2 Å². The van der Waals surface area contributed by atoms with Gasteiger partial charge in [-0.05, 0) is 43.7 Å². The highest BCUT2D eigenvalue weighted by Crippen LogP contribution is 2.47. The molecule has 134 valence electrons. The van der Waals surface area contributed by atoms with Gasteiger partial charge in [-0.15, -0.1) is 0 Å². The zero-order chi connectivity index (χ0) is 18.6. The predicted octanol–water partition coefficient (Wildman–Crippen LogP) is 3.35. The van der Waals surface area contributed by atoms with Gasteiger partial charge in [0.05, 0.1) is 11.5 Å². The summed E-state index contributed by atoms with van der Waals surface area (Å²) in [4.78, 5) is 13.0. The molecule has 2 aromatic rings. The van der Waals surface area contributed by atoms with Crippen molar-refractivity contribution in [3.8, 4) is 28.7 Å². The van der Waals surface area contributed by atoms with Gasteiger partial charge in [-0.25, -0.2) is 0 Å².